The SMILES string of the molecule is CCC1CCC(Nc2nc(C)cn2C(C)C)CC1. The summed E-state index contributed by atoms with van der Waals surface area (Å²) in [7, 11) is 0. The molecule has 0 aliphatic heterocycles. The Labute approximate surface area is 111 Å². The van der Waals surface area contributed by atoms with Crippen molar-refractivity contribution in [2.75, 3.05) is 5.32 Å². The Morgan fingerprint density at radius 1 is 1.33 bits per heavy atom. The van der Waals surface area contributed by atoms with Gasteiger partial charge in [-0.15, -0.1) is 0 Å². The first kappa shape index (κ1) is 13.4. The predicted molar refractivity (Wildman–Crippen MR) is 77.0 cm³/mol. The number of hydrogen-bond donors (Lipinski definition) is 1. The van der Waals surface area contributed by atoms with Gasteiger partial charge in [0.2, 0.25) is 5.95 Å². The Balaban J connectivity index is 1.97. The van der Waals surface area contributed by atoms with E-state index in [1.54, 1.807) is 0 Å². The molecule has 1 aromatic rings. The highest BCUT2D eigenvalue weighted by molar-refractivity contribution is 5.31. The van der Waals surface area contributed by atoms with Crippen molar-refractivity contribution in [3.63, 3.8) is 0 Å². The zero-order chi connectivity index (χ0) is 13.1. The maximum atomic E-state index is 4.62. The first-order valence-electron chi connectivity index (χ1n) is 7.42. The summed E-state index contributed by atoms with van der Waals surface area (Å²) < 4.78 is 2.25. The van der Waals surface area contributed by atoms with E-state index in [4.69, 9.17) is 0 Å². The minimum absolute atomic E-state index is 0.473. The van der Waals surface area contributed by atoms with Crippen molar-refractivity contribution in [2.45, 2.75) is 71.9 Å². The third-order valence-electron chi connectivity index (χ3n) is 4.17. The van der Waals surface area contributed by atoms with Gasteiger partial charge in [-0.2, -0.15) is 0 Å². The number of hydrogen-bond acceptors (Lipinski definition) is 2. The normalized spacial score (nSPS) is 24.5. The van der Waals surface area contributed by atoms with E-state index in [1.165, 1.54) is 32.1 Å². The highest BCUT2D eigenvalue weighted by atomic mass is 15.2. The smallest absolute Gasteiger partial charge is 0.203 e. The van der Waals surface area contributed by atoms with Crippen LogP contribution in [0, 0.1) is 12.8 Å². The van der Waals surface area contributed by atoms with Crippen LogP contribution in [0.2, 0.25) is 0 Å². The van der Waals surface area contributed by atoms with E-state index >= 15 is 0 Å². The van der Waals surface area contributed by atoms with Crippen molar-refractivity contribution in [3.05, 3.63) is 11.9 Å². The molecule has 1 N–H and O–H groups in total. The predicted octanol–water partition coefficient (Wildman–Crippen LogP) is 4.15. The highest BCUT2D eigenvalue weighted by Crippen LogP contribution is 2.28. The summed E-state index contributed by atoms with van der Waals surface area (Å²) in [5.74, 6) is 2.01. The first-order valence-corrected chi connectivity index (χ1v) is 7.42. The standard InChI is InChI=1S/C15H27N3/c1-5-13-6-8-14(9-7-13)17-15-16-12(4)10-18(15)11(2)3/h10-11,13-14H,5-9H2,1-4H3,(H,16,17). The minimum Gasteiger partial charge on any atom is -0.353 e. The van der Waals surface area contributed by atoms with Crippen LogP contribution >= 0.6 is 0 Å². The van der Waals surface area contributed by atoms with Crippen molar-refractivity contribution < 1.29 is 0 Å². The molecule has 0 bridgehead atoms. The maximum absolute atomic E-state index is 4.62. The largest absolute Gasteiger partial charge is 0.353 e. The van der Waals surface area contributed by atoms with Crippen molar-refractivity contribution >= 4 is 5.95 Å². The van der Waals surface area contributed by atoms with Gasteiger partial charge >= 0.3 is 0 Å². The number of nitrogens with one attached hydrogen (secondary N) is 1. The Morgan fingerprint density at radius 3 is 2.56 bits per heavy atom. The van der Waals surface area contributed by atoms with Crippen LogP contribution in [0.4, 0.5) is 5.95 Å². The first-order chi connectivity index (χ1) is 8.60. The summed E-state index contributed by atoms with van der Waals surface area (Å²) in [6, 6.07) is 1.09. The van der Waals surface area contributed by atoms with Gasteiger partial charge < -0.3 is 9.88 Å². The summed E-state index contributed by atoms with van der Waals surface area (Å²) in [5.41, 5.74) is 1.11. The third kappa shape index (κ3) is 3.06. The molecule has 0 radical (unpaired) electrons. The Morgan fingerprint density at radius 2 is 2.00 bits per heavy atom. The van der Waals surface area contributed by atoms with E-state index in [1.807, 2.05) is 0 Å². The molecule has 0 spiro atoms. The van der Waals surface area contributed by atoms with Gasteiger partial charge in [-0.1, -0.05) is 13.3 Å². The van der Waals surface area contributed by atoms with Gasteiger partial charge in [0.25, 0.3) is 0 Å². The Kier molecular flexibility index (Phi) is 4.31. The van der Waals surface area contributed by atoms with Crippen LogP contribution in [0.5, 0.6) is 0 Å². The van der Waals surface area contributed by atoms with Crippen LogP contribution in [0.25, 0.3) is 0 Å². The fraction of sp³-hybridized carbons (Fsp3) is 0.800. The second-order valence-corrected chi connectivity index (χ2v) is 5.98. The summed E-state index contributed by atoms with van der Waals surface area (Å²) in [6.07, 6.45) is 8.81. The fourth-order valence-electron chi connectivity index (χ4n) is 2.91. The van der Waals surface area contributed by atoms with Gasteiger partial charge in [-0.25, -0.2) is 4.98 Å². The number of aromatic nitrogens is 2. The van der Waals surface area contributed by atoms with Crippen LogP contribution in [0.3, 0.4) is 0 Å². The van der Waals surface area contributed by atoms with E-state index < -0.39 is 0 Å². The molecule has 0 atom stereocenters. The lowest BCUT2D eigenvalue weighted by atomic mass is 9.85. The molecule has 1 heterocycles. The molecule has 2 rings (SSSR count). The topological polar surface area (TPSA) is 29.9 Å². The van der Waals surface area contributed by atoms with Crippen LogP contribution in [0.15, 0.2) is 6.20 Å². The number of anilines is 1. The molecule has 0 saturated heterocycles. The van der Waals surface area contributed by atoms with E-state index in [0.717, 1.165) is 17.6 Å². The Bertz CT molecular complexity index is 373. The van der Waals surface area contributed by atoms with Crippen molar-refractivity contribution in [1.82, 2.24) is 9.55 Å². The quantitative estimate of drug-likeness (QED) is 0.868. The van der Waals surface area contributed by atoms with Gasteiger partial charge in [-0.05, 0) is 52.4 Å². The lowest BCUT2D eigenvalue weighted by Crippen LogP contribution is -2.27. The van der Waals surface area contributed by atoms with E-state index in [0.29, 0.717) is 12.1 Å². The third-order valence-corrected chi connectivity index (χ3v) is 4.17. The van der Waals surface area contributed by atoms with Crippen LogP contribution in [-0.2, 0) is 0 Å². The van der Waals surface area contributed by atoms with Crippen molar-refractivity contribution in [2.24, 2.45) is 5.92 Å². The molecular weight excluding hydrogens is 222 g/mol. The summed E-state index contributed by atoms with van der Waals surface area (Å²) >= 11 is 0. The van der Waals surface area contributed by atoms with Crippen LogP contribution < -0.4 is 5.32 Å². The zero-order valence-corrected chi connectivity index (χ0v) is 12.2. The van der Waals surface area contributed by atoms with Crippen molar-refractivity contribution in [1.29, 1.82) is 0 Å². The minimum atomic E-state index is 0.473. The number of imidazole rings is 1. The average molecular weight is 249 g/mol. The monoisotopic (exact) mass is 249 g/mol. The maximum Gasteiger partial charge on any atom is 0.203 e. The fourth-order valence-corrected chi connectivity index (χ4v) is 2.91. The van der Waals surface area contributed by atoms with E-state index in [-0.39, 0.29) is 0 Å². The molecule has 1 fully saturated rings. The molecule has 18 heavy (non-hydrogen) atoms. The Hall–Kier alpha value is -0.990. The molecule has 0 aromatic carbocycles. The van der Waals surface area contributed by atoms with Gasteiger partial charge in [0.05, 0.1) is 5.69 Å². The van der Waals surface area contributed by atoms with E-state index in [9.17, 15) is 0 Å². The van der Waals surface area contributed by atoms with Crippen molar-refractivity contribution in [3.8, 4) is 0 Å². The molecule has 3 nitrogen and oxygen atoms in total. The van der Waals surface area contributed by atoms with Crippen LogP contribution in [-0.4, -0.2) is 15.6 Å². The highest BCUT2D eigenvalue weighted by Gasteiger charge is 2.21. The molecule has 1 aliphatic carbocycles. The van der Waals surface area contributed by atoms with E-state index in [2.05, 4.69) is 48.8 Å². The van der Waals surface area contributed by atoms with Crippen LogP contribution in [0.1, 0.15) is 64.6 Å². The molecule has 1 saturated carbocycles. The average Bonchev–Trinajstić information content (AvgIpc) is 2.71. The molecule has 0 unspecified atom stereocenters. The van der Waals surface area contributed by atoms with Gasteiger partial charge in [-0.3, -0.25) is 0 Å². The molecule has 0 amide bonds. The summed E-state index contributed by atoms with van der Waals surface area (Å²) in [6.45, 7) is 8.80. The second kappa shape index (κ2) is 5.77. The van der Waals surface area contributed by atoms with Gasteiger partial charge in [0.15, 0.2) is 0 Å². The molecule has 1 aliphatic rings. The number of rotatable bonds is 4. The zero-order valence-electron chi connectivity index (χ0n) is 12.2. The second-order valence-electron chi connectivity index (χ2n) is 5.98. The van der Waals surface area contributed by atoms with Gasteiger partial charge in [0.1, 0.15) is 0 Å². The lowest BCUT2D eigenvalue weighted by Gasteiger charge is -2.29. The number of aryl methyl sites for hydroxylation is 1. The summed E-state index contributed by atoms with van der Waals surface area (Å²) in [4.78, 5) is 4.62. The van der Waals surface area contributed by atoms with Gasteiger partial charge in [0, 0.05) is 18.3 Å². The summed E-state index contributed by atoms with van der Waals surface area (Å²) in [5, 5.41) is 3.65. The number of nitrogens with zero attached hydrogens (tertiary/aromatic N) is 2. The molecule has 3 heteroatoms. The molecular formula is C15H27N3. The lowest BCUT2D eigenvalue weighted by molar-refractivity contribution is 0.328. The molecule has 102 valence electrons. The molecule has 1 aromatic heterocycles.